The quantitative estimate of drug-likeness (QED) is 0.864. The van der Waals surface area contributed by atoms with E-state index < -0.39 is 0 Å². The normalized spacial score (nSPS) is 26.6. The Labute approximate surface area is 117 Å². The smallest absolute Gasteiger partial charge is 0.323 e. The Kier molecular flexibility index (Phi) is 2.20. The van der Waals surface area contributed by atoms with E-state index in [1.54, 1.807) is 11.0 Å². The molecule has 2 aliphatic rings. The van der Waals surface area contributed by atoms with Crippen molar-refractivity contribution in [3.8, 4) is 0 Å². The molecule has 104 valence electrons. The van der Waals surface area contributed by atoms with E-state index >= 15 is 0 Å². The van der Waals surface area contributed by atoms with E-state index in [0.29, 0.717) is 17.3 Å². The van der Waals surface area contributed by atoms with Crippen LogP contribution in [0.1, 0.15) is 13.8 Å². The van der Waals surface area contributed by atoms with Crippen molar-refractivity contribution in [1.29, 1.82) is 0 Å². The van der Waals surface area contributed by atoms with E-state index in [-0.39, 0.29) is 6.03 Å². The number of para-hydroxylation sites is 2. The van der Waals surface area contributed by atoms with Gasteiger partial charge in [0.25, 0.3) is 0 Å². The molecule has 1 saturated carbocycles. The average Bonchev–Trinajstić information content (AvgIpc) is 2.87. The van der Waals surface area contributed by atoms with Gasteiger partial charge in [-0.05, 0) is 29.4 Å². The molecule has 4 rings (SSSR count). The van der Waals surface area contributed by atoms with E-state index in [9.17, 15) is 4.79 Å². The van der Waals surface area contributed by atoms with Crippen LogP contribution in [0.25, 0.3) is 11.0 Å². The number of fused-ring (bicyclic) bond motifs is 2. The zero-order chi connectivity index (χ0) is 13.9. The highest BCUT2D eigenvalue weighted by Crippen LogP contribution is 2.61. The van der Waals surface area contributed by atoms with Crippen LogP contribution in [0.4, 0.5) is 4.79 Å². The van der Waals surface area contributed by atoms with Crippen LogP contribution in [0.2, 0.25) is 0 Å². The monoisotopic (exact) mass is 270 g/mol. The van der Waals surface area contributed by atoms with Gasteiger partial charge in [0.2, 0.25) is 0 Å². The number of piperidine rings is 1. The number of hydrogen-bond acceptors (Lipinski definition) is 2. The Balaban J connectivity index is 1.49. The number of nitrogens with zero attached hydrogens (tertiary/aromatic N) is 3. The van der Waals surface area contributed by atoms with E-state index in [4.69, 9.17) is 0 Å². The van der Waals surface area contributed by atoms with Gasteiger partial charge in [0.15, 0.2) is 0 Å². The Bertz CT molecular complexity index is 676. The molecule has 2 unspecified atom stereocenters. The van der Waals surface area contributed by atoms with E-state index in [1.165, 1.54) is 0 Å². The van der Waals surface area contributed by atoms with Crippen LogP contribution in [0.15, 0.2) is 30.6 Å². The van der Waals surface area contributed by atoms with Crippen molar-refractivity contribution in [3.05, 3.63) is 30.6 Å². The number of rotatable bonds is 1. The first-order valence-corrected chi connectivity index (χ1v) is 7.05. The molecule has 1 N–H and O–H groups in total. The van der Waals surface area contributed by atoms with Gasteiger partial charge >= 0.3 is 6.03 Å². The fraction of sp³-hybridized carbons (Fsp3) is 0.467. The summed E-state index contributed by atoms with van der Waals surface area (Å²) in [7, 11) is 0. The molecule has 0 spiro atoms. The molecular weight excluding hydrogens is 252 g/mol. The summed E-state index contributed by atoms with van der Waals surface area (Å²) >= 11 is 0. The molecule has 1 aliphatic heterocycles. The average molecular weight is 270 g/mol. The van der Waals surface area contributed by atoms with Crippen molar-refractivity contribution in [2.24, 2.45) is 17.3 Å². The van der Waals surface area contributed by atoms with Crippen molar-refractivity contribution in [2.45, 2.75) is 13.8 Å². The molecule has 2 atom stereocenters. The van der Waals surface area contributed by atoms with Crippen LogP contribution in [-0.2, 0) is 0 Å². The third-order valence-corrected chi connectivity index (χ3v) is 5.08. The van der Waals surface area contributed by atoms with Gasteiger partial charge in [0, 0.05) is 13.1 Å². The number of amides is 2. The second-order valence-corrected chi connectivity index (χ2v) is 6.46. The molecule has 2 heterocycles. The maximum absolute atomic E-state index is 12.3. The molecule has 20 heavy (non-hydrogen) atoms. The third kappa shape index (κ3) is 1.55. The van der Waals surface area contributed by atoms with E-state index in [0.717, 1.165) is 24.1 Å². The minimum Gasteiger partial charge on any atom is -0.323 e. The number of likely N-dealkylation sites (tertiary alicyclic amines) is 1. The summed E-state index contributed by atoms with van der Waals surface area (Å²) in [5.41, 5.74) is 5.15. The zero-order valence-electron chi connectivity index (χ0n) is 11.7. The van der Waals surface area contributed by atoms with Crippen molar-refractivity contribution in [1.82, 2.24) is 14.6 Å². The summed E-state index contributed by atoms with van der Waals surface area (Å²) < 4.78 is 1.70. The first-order chi connectivity index (χ1) is 9.57. The fourth-order valence-electron chi connectivity index (χ4n) is 3.52. The Morgan fingerprint density at radius 2 is 2.00 bits per heavy atom. The number of carbonyl (C=O) groups is 1. The van der Waals surface area contributed by atoms with Crippen LogP contribution in [0.3, 0.4) is 0 Å². The maximum atomic E-state index is 12.3. The first-order valence-electron chi connectivity index (χ1n) is 7.05. The predicted molar refractivity (Wildman–Crippen MR) is 76.8 cm³/mol. The largest absolute Gasteiger partial charge is 0.336 e. The zero-order valence-corrected chi connectivity index (χ0v) is 11.7. The van der Waals surface area contributed by atoms with Gasteiger partial charge in [0.05, 0.1) is 11.0 Å². The molecule has 2 fully saturated rings. The maximum Gasteiger partial charge on any atom is 0.336 e. The van der Waals surface area contributed by atoms with Gasteiger partial charge in [0.1, 0.15) is 6.33 Å². The third-order valence-electron chi connectivity index (χ3n) is 5.08. The number of aromatic nitrogens is 2. The summed E-state index contributed by atoms with van der Waals surface area (Å²) in [5, 5.41) is 0. The van der Waals surface area contributed by atoms with Gasteiger partial charge in [-0.15, -0.1) is 0 Å². The van der Waals surface area contributed by atoms with E-state index in [1.807, 2.05) is 29.2 Å². The summed E-state index contributed by atoms with van der Waals surface area (Å²) in [6.07, 6.45) is 1.66. The van der Waals surface area contributed by atoms with Crippen molar-refractivity contribution in [2.75, 3.05) is 18.5 Å². The van der Waals surface area contributed by atoms with Crippen LogP contribution in [0.5, 0.6) is 0 Å². The molecular formula is C15H18N4O. The standard InChI is InChI=1S/C15H18N4O/c1-15(2)10-7-18(8-11(10)15)14(20)17-19-9-16-12-5-3-4-6-13(12)19/h3-6,9-11H,7-8H2,1-2H3,(H,17,20). The van der Waals surface area contributed by atoms with Crippen LogP contribution in [0, 0.1) is 17.3 Å². The topological polar surface area (TPSA) is 50.2 Å². The Morgan fingerprint density at radius 1 is 1.30 bits per heavy atom. The number of nitrogens with one attached hydrogen (secondary N) is 1. The molecule has 5 heteroatoms. The van der Waals surface area contributed by atoms with Crippen molar-refractivity contribution >= 4 is 17.1 Å². The summed E-state index contributed by atoms with van der Waals surface area (Å²) in [6, 6.07) is 7.74. The lowest BCUT2D eigenvalue weighted by atomic mass is 10.1. The number of carbonyl (C=O) groups excluding carboxylic acids is 1. The molecule has 1 aromatic heterocycles. The lowest BCUT2D eigenvalue weighted by Gasteiger charge is -2.22. The van der Waals surface area contributed by atoms with Gasteiger partial charge in [-0.1, -0.05) is 26.0 Å². The lowest BCUT2D eigenvalue weighted by Crippen LogP contribution is -2.39. The van der Waals surface area contributed by atoms with E-state index in [2.05, 4.69) is 24.3 Å². The van der Waals surface area contributed by atoms with Gasteiger partial charge < -0.3 is 4.90 Å². The molecule has 0 radical (unpaired) electrons. The summed E-state index contributed by atoms with van der Waals surface area (Å²) in [4.78, 5) is 18.5. The number of benzene rings is 1. The number of imidazole rings is 1. The van der Waals surface area contributed by atoms with Crippen molar-refractivity contribution < 1.29 is 4.79 Å². The molecule has 5 nitrogen and oxygen atoms in total. The predicted octanol–water partition coefficient (Wildman–Crippen LogP) is 2.29. The second kappa shape index (κ2) is 3.75. The number of urea groups is 1. The van der Waals surface area contributed by atoms with Crippen LogP contribution < -0.4 is 5.43 Å². The molecule has 0 bridgehead atoms. The molecule has 2 amide bonds. The first kappa shape index (κ1) is 11.8. The minimum atomic E-state index is -0.0313. The van der Waals surface area contributed by atoms with Crippen LogP contribution >= 0.6 is 0 Å². The molecule has 1 aliphatic carbocycles. The number of hydrogen-bond donors (Lipinski definition) is 1. The Morgan fingerprint density at radius 3 is 2.75 bits per heavy atom. The highest BCUT2D eigenvalue weighted by atomic mass is 16.2. The SMILES string of the molecule is CC1(C)C2CN(C(=O)Nn3cnc4ccccc43)CC21. The van der Waals surface area contributed by atoms with Gasteiger partial charge in [-0.3, -0.25) is 0 Å². The molecule has 1 aromatic carbocycles. The fourth-order valence-corrected chi connectivity index (χ4v) is 3.52. The highest BCUT2D eigenvalue weighted by molar-refractivity contribution is 5.85. The summed E-state index contributed by atoms with van der Waals surface area (Å²) in [6.45, 7) is 6.33. The summed E-state index contributed by atoms with van der Waals surface area (Å²) in [5.74, 6) is 1.35. The van der Waals surface area contributed by atoms with Crippen LogP contribution in [-0.4, -0.2) is 33.7 Å². The molecule has 1 saturated heterocycles. The lowest BCUT2D eigenvalue weighted by molar-refractivity contribution is 0.207. The Hall–Kier alpha value is -2.04. The second-order valence-electron chi connectivity index (χ2n) is 6.46. The minimum absolute atomic E-state index is 0.0313. The highest BCUT2D eigenvalue weighted by Gasteiger charge is 2.62. The molecule has 2 aromatic rings. The van der Waals surface area contributed by atoms with Gasteiger partial charge in [-0.25, -0.2) is 19.9 Å². The van der Waals surface area contributed by atoms with Gasteiger partial charge in [-0.2, -0.15) is 0 Å². The van der Waals surface area contributed by atoms with Crippen molar-refractivity contribution in [3.63, 3.8) is 0 Å².